The van der Waals surface area contributed by atoms with E-state index in [9.17, 15) is 19.7 Å². The third kappa shape index (κ3) is 3.65. The second-order valence-electron chi connectivity index (χ2n) is 5.02. The Morgan fingerprint density at radius 1 is 1.35 bits per heavy atom. The topological polar surface area (TPSA) is 107 Å². The molecule has 23 heavy (non-hydrogen) atoms. The molecule has 0 aromatic carbocycles. The van der Waals surface area contributed by atoms with E-state index in [4.69, 9.17) is 4.74 Å². The number of nitrogens with zero attached hydrogens (tertiary/aromatic N) is 2. The van der Waals surface area contributed by atoms with Gasteiger partial charge in [-0.1, -0.05) is 6.92 Å². The number of rotatable bonds is 6. The first-order valence-corrected chi connectivity index (χ1v) is 7.13. The molecule has 2 aromatic heterocycles. The Labute approximate surface area is 131 Å². The summed E-state index contributed by atoms with van der Waals surface area (Å²) in [4.78, 5) is 37.2. The fourth-order valence-corrected chi connectivity index (χ4v) is 2.14. The van der Waals surface area contributed by atoms with E-state index < -0.39 is 4.92 Å². The van der Waals surface area contributed by atoms with Gasteiger partial charge in [-0.25, -0.2) is 0 Å². The lowest BCUT2D eigenvalue weighted by atomic mass is 10.2. The van der Waals surface area contributed by atoms with Crippen molar-refractivity contribution in [2.45, 2.75) is 26.8 Å². The van der Waals surface area contributed by atoms with Gasteiger partial charge in [-0.2, -0.15) is 0 Å². The molecule has 8 nitrogen and oxygen atoms in total. The standard InChI is InChI=1S/C15H17N3O5/c1-3-6-23-14-8-16-11(7-13(14)19)9-17-10(2)12(18(21)22)4-5-15(17)20/h4-5,7-8H,3,6,9H2,1-2H3,(H,16,19). The highest BCUT2D eigenvalue weighted by Gasteiger charge is 2.15. The van der Waals surface area contributed by atoms with Crippen LogP contribution in [0.1, 0.15) is 24.7 Å². The molecule has 0 unspecified atom stereocenters. The van der Waals surface area contributed by atoms with E-state index in [-0.39, 0.29) is 34.7 Å². The molecule has 0 fully saturated rings. The van der Waals surface area contributed by atoms with E-state index in [2.05, 4.69) is 4.98 Å². The van der Waals surface area contributed by atoms with Gasteiger partial charge in [-0.15, -0.1) is 0 Å². The first-order chi connectivity index (χ1) is 10.9. The van der Waals surface area contributed by atoms with Gasteiger partial charge in [0.05, 0.1) is 23.8 Å². The van der Waals surface area contributed by atoms with Crippen LogP contribution in [0.3, 0.4) is 0 Å². The van der Waals surface area contributed by atoms with E-state index in [0.29, 0.717) is 12.3 Å². The van der Waals surface area contributed by atoms with Gasteiger partial charge in [0.1, 0.15) is 0 Å². The summed E-state index contributed by atoms with van der Waals surface area (Å²) in [6.45, 7) is 3.90. The predicted octanol–water partition coefficient (Wildman–Crippen LogP) is 1.59. The van der Waals surface area contributed by atoms with Crippen LogP contribution < -0.4 is 15.7 Å². The van der Waals surface area contributed by atoms with Crippen molar-refractivity contribution in [2.24, 2.45) is 0 Å². The van der Waals surface area contributed by atoms with Crippen LogP contribution in [0.15, 0.2) is 34.0 Å². The normalized spacial score (nSPS) is 10.5. The van der Waals surface area contributed by atoms with Gasteiger partial charge in [-0.05, 0) is 13.3 Å². The summed E-state index contributed by atoms with van der Waals surface area (Å²) in [7, 11) is 0. The Balaban J connectivity index is 2.35. The zero-order valence-electron chi connectivity index (χ0n) is 12.9. The van der Waals surface area contributed by atoms with Crippen molar-refractivity contribution in [3.8, 4) is 5.75 Å². The fourth-order valence-electron chi connectivity index (χ4n) is 2.14. The Morgan fingerprint density at radius 3 is 2.70 bits per heavy atom. The van der Waals surface area contributed by atoms with Crippen LogP contribution in [-0.4, -0.2) is 21.1 Å². The summed E-state index contributed by atoms with van der Waals surface area (Å²) in [6, 6.07) is 3.65. The molecule has 0 amide bonds. The third-order valence-electron chi connectivity index (χ3n) is 3.35. The van der Waals surface area contributed by atoms with E-state index in [0.717, 1.165) is 12.5 Å². The molecule has 0 aliphatic heterocycles. The van der Waals surface area contributed by atoms with E-state index in [1.54, 1.807) is 0 Å². The van der Waals surface area contributed by atoms with Crippen molar-refractivity contribution in [1.82, 2.24) is 9.55 Å². The molecule has 2 rings (SSSR count). The van der Waals surface area contributed by atoms with Gasteiger partial charge in [0.2, 0.25) is 5.43 Å². The van der Waals surface area contributed by atoms with Crippen LogP contribution in [0.4, 0.5) is 5.69 Å². The van der Waals surface area contributed by atoms with Crippen molar-refractivity contribution in [3.63, 3.8) is 0 Å². The maximum absolute atomic E-state index is 11.9. The van der Waals surface area contributed by atoms with Gasteiger partial charge >= 0.3 is 0 Å². The highest BCUT2D eigenvalue weighted by molar-refractivity contribution is 5.34. The van der Waals surface area contributed by atoms with Gasteiger partial charge in [0.25, 0.3) is 11.2 Å². The number of aromatic nitrogens is 2. The van der Waals surface area contributed by atoms with Gasteiger partial charge < -0.3 is 14.3 Å². The first-order valence-electron chi connectivity index (χ1n) is 7.13. The number of nitro groups is 1. The monoisotopic (exact) mass is 319 g/mol. The number of pyridine rings is 2. The molecule has 0 spiro atoms. The maximum Gasteiger partial charge on any atom is 0.288 e. The maximum atomic E-state index is 11.9. The lowest BCUT2D eigenvalue weighted by Gasteiger charge is -2.10. The van der Waals surface area contributed by atoms with Crippen LogP contribution in [0, 0.1) is 17.0 Å². The summed E-state index contributed by atoms with van der Waals surface area (Å²) >= 11 is 0. The summed E-state index contributed by atoms with van der Waals surface area (Å²) in [5.74, 6) is 0.207. The number of nitrogens with one attached hydrogen (secondary N) is 1. The predicted molar refractivity (Wildman–Crippen MR) is 84.0 cm³/mol. The summed E-state index contributed by atoms with van der Waals surface area (Å²) in [6.07, 6.45) is 2.22. The molecule has 0 saturated heterocycles. The van der Waals surface area contributed by atoms with Crippen molar-refractivity contribution in [3.05, 3.63) is 66.5 Å². The van der Waals surface area contributed by atoms with Gasteiger partial charge in [0.15, 0.2) is 5.75 Å². The Morgan fingerprint density at radius 2 is 2.09 bits per heavy atom. The van der Waals surface area contributed by atoms with Crippen molar-refractivity contribution in [2.75, 3.05) is 6.61 Å². The molecule has 2 heterocycles. The molecule has 122 valence electrons. The van der Waals surface area contributed by atoms with Crippen LogP contribution in [0.2, 0.25) is 0 Å². The highest BCUT2D eigenvalue weighted by Crippen LogP contribution is 2.15. The SMILES string of the molecule is CCCOc1c[nH]c(Cn2c(C)c([N+](=O)[O-])ccc2=O)cc1=O. The van der Waals surface area contributed by atoms with E-state index in [1.807, 2.05) is 6.92 Å². The summed E-state index contributed by atoms with van der Waals surface area (Å²) in [5, 5.41) is 11.0. The molecule has 0 saturated carbocycles. The van der Waals surface area contributed by atoms with Gasteiger partial charge in [0, 0.05) is 30.1 Å². The summed E-state index contributed by atoms with van der Waals surface area (Å²) < 4.78 is 6.53. The Kier molecular flexibility index (Phi) is 4.95. The lowest BCUT2D eigenvalue weighted by Crippen LogP contribution is -2.24. The molecule has 2 aromatic rings. The third-order valence-corrected chi connectivity index (χ3v) is 3.35. The number of ether oxygens (including phenoxy) is 1. The molecule has 0 bridgehead atoms. The second kappa shape index (κ2) is 6.91. The lowest BCUT2D eigenvalue weighted by molar-refractivity contribution is -0.386. The van der Waals surface area contributed by atoms with Crippen molar-refractivity contribution < 1.29 is 9.66 Å². The zero-order chi connectivity index (χ0) is 17.0. The van der Waals surface area contributed by atoms with Crippen LogP contribution in [0.25, 0.3) is 0 Å². The minimum absolute atomic E-state index is 0.0373. The van der Waals surface area contributed by atoms with Crippen molar-refractivity contribution >= 4 is 5.69 Å². The molecule has 0 atom stereocenters. The fraction of sp³-hybridized carbons (Fsp3) is 0.333. The number of hydrogen-bond donors (Lipinski definition) is 1. The second-order valence-corrected chi connectivity index (χ2v) is 5.02. The number of H-pyrrole nitrogens is 1. The largest absolute Gasteiger partial charge is 0.488 e. The number of hydrogen-bond acceptors (Lipinski definition) is 5. The Bertz CT molecular complexity index is 838. The average Bonchev–Trinajstić information content (AvgIpc) is 2.50. The quantitative estimate of drug-likeness (QED) is 0.642. The van der Waals surface area contributed by atoms with E-state index >= 15 is 0 Å². The molecular weight excluding hydrogens is 302 g/mol. The smallest absolute Gasteiger partial charge is 0.288 e. The highest BCUT2D eigenvalue weighted by atomic mass is 16.6. The molecule has 0 aliphatic carbocycles. The minimum Gasteiger partial charge on any atom is -0.488 e. The summed E-state index contributed by atoms with van der Waals surface area (Å²) in [5.41, 5.74) is -0.127. The molecular formula is C15H17N3O5. The van der Waals surface area contributed by atoms with Crippen molar-refractivity contribution in [1.29, 1.82) is 0 Å². The Hall–Kier alpha value is -2.90. The van der Waals surface area contributed by atoms with E-state index in [1.165, 1.54) is 29.8 Å². The molecule has 0 radical (unpaired) electrons. The molecule has 1 N–H and O–H groups in total. The van der Waals surface area contributed by atoms with Crippen LogP contribution >= 0.6 is 0 Å². The average molecular weight is 319 g/mol. The van der Waals surface area contributed by atoms with Crippen LogP contribution in [-0.2, 0) is 6.54 Å². The number of aromatic amines is 1. The van der Waals surface area contributed by atoms with Gasteiger partial charge in [-0.3, -0.25) is 19.7 Å². The molecule has 0 aliphatic rings. The minimum atomic E-state index is -0.546. The zero-order valence-corrected chi connectivity index (χ0v) is 12.9. The first kappa shape index (κ1) is 16.5. The van der Waals surface area contributed by atoms with Crippen LogP contribution in [0.5, 0.6) is 5.75 Å². The molecule has 8 heteroatoms.